The smallest absolute Gasteiger partial charge is 0.379 e. The van der Waals surface area contributed by atoms with Crippen LogP contribution < -0.4 is 15.5 Å². The number of carbonyl (C=O) groups excluding carboxylic acids is 3. The van der Waals surface area contributed by atoms with Gasteiger partial charge in [0.05, 0.1) is 69.6 Å². The van der Waals surface area contributed by atoms with Crippen LogP contribution in [0.1, 0.15) is 77.9 Å². The predicted molar refractivity (Wildman–Crippen MR) is 257 cm³/mol. The summed E-state index contributed by atoms with van der Waals surface area (Å²) in [5.41, 5.74) is 3.69. The molecule has 364 valence electrons. The summed E-state index contributed by atoms with van der Waals surface area (Å²) in [5.74, 6) is -0.658. The van der Waals surface area contributed by atoms with E-state index in [1.807, 2.05) is 67.1 Å². The van der Waals surface area contributed by atoms with E-state index in [4.69, 9.17) is 18.9 Å². The lowest BCUT2D eigenvalue weighted by atomic mass is 10.0. The van der Waals surface area contributed by atoms with Gasteiger partial charge in [-0.15, -0.1) is 0 Å². The summed E-state index contributed by atoms with van der Waals surface area (Å²) in [4.78, 5) is 48.1. The van der Waals surface area contributed by atoms with E-state index in [0.29, 0.717) is 99.0 Å². The van der Waals surface area contributed by atoms with Crippen molar-refractivity contribution in [3.05, 3.63) is 113 Å². The van der Waals surface area contributed by atoms with Crippen LogP contribution in [0.15, 0.2) is 85.1 Å². The second kappa shape index (κ2) is 27.7. The molecule has 0 saturated carbocycles. The number of carbonyl (C=O) groups is 3. The number of piperazine rings is 1. The summed E-state index contributed by atoms with van der Waals surface area (Å²) >= 11 is 1.84. The fraction of sp³-hybridized carbons (Fsp3) is 0.480. The zero-order chi connectivity index (χ0) is 48.0. The van der Waals surface area contributed by atoms with Gasteiger partial charge in [-0.3, -0.25) is 19.4 Å². The lowest BCUT2D eigenvalue weighted by molar-refractivity contribution is -0.137. The topological polar surface area (TPSA) is 135 Å². The van der Waals surface area contributed by atoms with Crippen molar-refractivity contribution in [3.63, 3.8) is 0 Å². The summed E-state index contributed by atoms with van der Waals surface area (Å²) in [5, 5.41) is 6.30. The van der Waals surface area contributed by atoms with E-state index in [9.17, 15) is 27.6 Å². The number of ether oxygens (including phenoxy) is 4. The van der Waals surface area contributed by atoms with Crippen LogP contribution in [0, 0.1) is 0 Å². The molecule has 0 unspecified atom stereocenters. The van der Waals surface area contributed by atoms with Gasteiger partial charge in [-0.1, -0.05) is 50.1 Å². The Balaban J connectivity index is 1.01. The maximum absolute atomic E-state index is 13.7. The van der Waals surface area contributed by atoms with Gasteiger partial charge in [-0.2, -0.15) is 13.2 Å². The van der Waals surface area contributed by atoms with Crippen LogP contribution in [0.2, 0.25) is 0 Å². The first kappa shape index (κ1) is 52.9. The Morgan fingerprint density at radius 1 is 0.746 bits per heavy atom. The van der Waals surface area contributed by atoms with Gasteiger partial charge in [0.2, 0.25) is 5.91 Å². The van der Waals surface area contributed by atoms with Crippen molar-refractivity contribution in [2.75, 3.05) is 102 Å². The summed E-state index contributed by atoms with van der Waals surface area (Å²) in [7, 11) is 0. The Kier molecular flexibility index (Phi) is 21.9. The molecule has 17 heteroatoms. The maximum Gasteiger partial charge on any atom is 0.416 e. The highest BCUT2D eigenvalue weighted by Crippen LogP contribution is 2.33. The molecule has 0 bridgehead atoms. The van der Waals surface area contributed by atoms with Crippen LogP contribution in [0.5, 0.6) is 0 Å². The van der Waals surface area contributed by atoms with Gasteiger partial charge in [0.15, 0.2) is 0 Å². The molecule has 0 radical (unpaired) electrons. The van der Waals surface area contributed by atoms with E-state index in [0.717, 1.165) is 69.1 Å². The normalized spacial score (nSPS) is 13.2. The third-order valence-corrected chi connectivity index (χ3v) is 11.9. The van der Waals surface area contributed by atoms with Crippen LogP contribution in [-0.4, -0.2) is 129 Å². The SMILES string of the molecule is CCN(CC)c1ccc(NC(=O)c2cccc(CCCOCCOCCOCCOCCC(=O)N3CCN(SC(C)C)CC3)c2)c(-c2cc(C(=O)NCc3cccc(C(F)(F)F)c3)ccn2)c1. The fourth-order valence-electron chi connectivity index (χ4n) is 7.36. The first-order chi connectivity index (χ1) is 32.3. The number of anilines is 2. The van der Waals surface area contributed by atoms with Crippen molar-refractivity contribution in [1.82, 2.24) is 19.5 Å². The van der Waals surface area contributed by atoms with Crippen molar-refractivity contribution in [2.45, 2.75) is 64.9 Å². The minimum Gasteiger partial charge on any atom is -0.379 e. The Morgan fingerprint density at radius 3 is 2.06 bits per heavy atom. The quantitative estimate of drug-likeness (QED) is 0.0441. The maximum atomic E-state index is 13.7. The van der Waals surface area contributed by atoms with Gasteiger partial charge in [-0.05, 0) is 92.4 Å². The van der Waals surface area contributed by atoms with E-state index in [1.54, 1.807) is 12.1 Å². The second-order valence-corrected chi connectivity index (χ2v) is 17.8. The lowest BCUT2D eigenvalue weighted by Crippen LogP contribution is -2.46. The molecule has 1 fully saturated rings. The number of nitrogens with zero attached hydrogens (tertiary/aromatic N) is 4. The van der Waals surface area contributed by atoms with Gasteiger partial charge < -0.3 is 39.4 Å². The minimum atomic E-state index is -4.49. The molecule has 13 nitrogen and oxygen atoms in total. The molecule has 67 heavy (non-hydrogen) atoms. The number of hydrogen-bond donors (Lipinski definition) is 2. The van der Waals surface area contributed by atoms with Crippen LogP contribution in [-0.2, 0) is 42.9 Å². The van der Waals surface area contributed by atoms with Gasteiger partial charge in [0, 0.05) is 86.2 Å². The molecular weight excluding hydrogens is 886 g/mol. The van der Waals surface area contributed by atoms with E-state index >= 15 is 0 Å². The van der Waals surface area contributed by atoms with Crippen LogP contribution in [0.4, 0.5) is 24.5 Å². The molecule has 3 amide bonds. The molecule has 0 atom stereocenters. The highest BCUT2D eigenvalue weighted by molar-refractivity contribution is 7.97. The number of pyridine rings is 1. The third kappa shape index (κ3) is 17.8. The first-order valence-corrected chi connectivity index (χ1v) is 23.9. The molecule has 1 aliphatic rings. The number of halogens is 3. The number of nitrogens with one attached hydrogen (secondary N) is 2. The Hall–Kier alpha value is -5.04. The summed E-state index contributed by atoms with van der Waals surface area (Å²) in [6, 6.07) is 21.1. The molecule has 0 aliphatic carbocycles. The van der Waals surface area contributed by atoms with Crippen molar-refractivity contribution >= 4 is 41.0 Å². The standard InChI is InChI=1S/C50H65F3N6O7S/c1-5-57(6-2)43-15-16-45(44(35-43)46-34-41(17-19-54-46)48(61)55-36-39-11-8-14-42(33-39)50(51,52)53)56-49(62)40-13-7-10-38(32-40)12-9-24-63-26-28-65-30-31-66-29-27-64-25-18-47(60)58-20-22-59(23-21-58)67-37(3)4/h7-8,10-11,13-17,19,32-35,37H,5-6,9,12,18,20-31,36H2,1-4H3,(H,55,61)(H,56,62). The van der Waals surface area contributed by atoms with Crippen LogP contribution in [0.25, 0.3) is 11.3 Å². The molecule has 2 heterocycles. The van der Waals surface area contributed by atoms with E-state index < -0.39 is 17.6 Å². The summed E-state index contributed by atoms with van der Waals surface area (Å²) < 4.78 is 64.6. The number of benzene rings is 3. The second-order valence-electron chi connectivity index (χ2n) is 16.1. The molecule has 4 aromatic rings. The fourth-order valence-corrected chi connectivity index (χ4v) is 8.33. The number of alkyl halides is 3. The Bertz CT molecular complexity index is 2170. The van der Waals surface area contributed by atoms with Crippen molar-refractivity contribution in [1.29, 1.82) is 0 Å². The first-order valence-electron chi connectivity index (χ1n) is 23.0. The minimum absolute atomic E-state index is 0.0981. The molecule has 3 aromatic carbocycles. The lowest BCUT2D eigenvalue weighted by Gasteiger charge is -2.34. The monoisotopic (exact) mass is 950 g/mol. The summed E-state index contributed by atoms with van der Waals surface area (Å²) in [6.45, 7) is 16.7. The zero-order valence-corrected chi connectivity index (χ0v) is 39.9. The van der Waals surface area contributed by atoms with E-state index in [1.165, 1.54) is 24.4 Å². The number of amides is 3. The van der Waals surface area contributed by atoms with Gasteiger partial charge >= 0.3 is 6.18 Å². The number of aromatic nitrogens is 1. The largest absolute Gasteiger partial charge is 0.416 e. The Morgan fingerprint density at radius 2 is 1.39 bits per heavy atom. The van der Waals surface area contributed by atoms with Gasteiger partial charge in [0.25, 0.3) is 11.8 Å². The molecule has 2 N–H and O–H groups in total. The third-order valence-electron chi connectivity index (χ3n) is 10.9. The predicted octanol–water partition coefficient (Wildman–Crippen LogP) is 8.39. The zero-order valence-electron chi connectivity index (χ0n) is 39.1. The number of aryl methyl sites for hydroxylation is 1. The van der Waals surface area contributed by atoms with Crippen LogP contribution in [0.3, 0.4) is 0 Å². The molecule has 5 rings (SSSR count). The molecular formula is C50H65F3N6O7S. The highest BCUT2D eigenvalue weighted by atomic mass is 32.2. The molecule has 1 aromatic heterocycles. The van der Waals surface area contributed by atoms with E-state index in [-0.39, 0.29) is 23.9 Å². The van der Waals surface area contributed by atoms with Crippen molar-refractivity contribution < 1.29 is 46.5 Å². The highest BCUT2D eigenvalue weighted by Gasteiger charge is 2.30. The van der Waals surface area contributed by atoms with Crippen molar-refractivity contribution in [2.24, 2.45) is 0 Å². The average Bonchev–Trinajstić information content (AvgIpc) is 3.32. The molecule has 1 saturated heterocycles. The van der Waals surface area contributed by atoms with Crippen LogP contribution >= 0.6 is 11.9 Å². The number of rotatable bonds is 27. The summed E-state index contributed by atoms with van der Waals surface area (Å²) in [6.07, 6.45) is -1.17. The van der Waals surface area contributed by atoms with Crippen molar-refractivity contribution in [3.8, 4) is 11.3 Å². The Labute approximate surface area is 397 Å². The van der Waals surface area contributed by atoms with Gasteiger partial charge in [-0.25, -0.2) is 4.31 Å². The van der Waals surface area contributed by atoms with Gasteiger partial charge in [0.1, 0.15) is 0 Å². The molecule has 0 spiro atoms. The number of hydrogen-bond acceptors (Lipinski definition) is 11. The average molecular weight is 951 g/mol. The molecule has 1 aliphatic heterocycles. The van der Waals surface area contributed by atoms with E-state index in [2.05, 4.69) is 38.7 Å².